The Kier molecular flexibility index (Phi) is 4.66. The summed E-state index contributed by atoms with van der Waals surface area (Å²) in [6.45, 7) is 4.04. The minimum absolute atomic E-state index is 0.0200. The molecule has 1 aliphatic heterocycles. The molecule has 0 bridgehead atoms. The molecule has 0 saturated heterocycles. The lowest BCUT2D eigenvalue weighted by Crippen LogP contribution is -2.16. The van der Waals surface area contributed by atoms with Crippen molar-refractivity contribution in [2.75, 3.05) is 18.2 Å². The van der Waals surface area contributed by atoms with E-state index in [-0.39, 0.29) is 11.2 Å². The fraction of sp³-hybridized carbons (Fsp3) is 0.238. The Morgan fingerprint density at radius 2 is 1.89 bits per heavy atom. The monoisotopic (exact) mass is 379 g/mol. The molecule has 27 heavy (non-hydrogen) atoms. The number of aromatic nitrogens is 2. The largest absolute Gasteiger partial charge is 0.496 e. The molecule has 138 valence electrons. The molecule has 1 amide bonds. The summed E-state index contributed by atoms with van der Waals surface area (Å²) < 4.78 is 7.44. The van der Waals surface area contributed by atoms with Crippen molar-refractivity contribution < 1.29 is 9.53 Å². The average molecular weight is 379 g/mol. The summed E-state index contributed by atoms with van der Waals surface area (Å²) in [7, 11) is 1.67. The van der Waals surface area contributed by atoms with E-state index in [1.54, 1.807) is 18.9 Å². The Hall–Kier alpha value is -2.73. The number of ether oxygens (including phenoxy) is 1. The number of carbonyl (C=O) groups excluding carboxylic acids is 1. The summed E-state index contributed by atoms with van der Waals surface area (Å²) in [5.41, 5.74) is 5.04. The van der Waals surface area contributed by atoms with Crippen LogP contribution in [-0.2, 0) is 4.79 Å². The number of benzene rings is 2. The number of rotatable bonds is 3. The van der Waals surface area contributed by atoms with E-state index in [1.165, 1.54) is 0 Å². The van der Waals surface area contributed by atoms with Crippen LogP contribution in [0.3, 0.4) is 0 Å². The molecule has 0 fully saturated rings. The van der Waals surface area contributed by atoms with Crippen LogP contribution in [0.2, 0.25) is 0 Å². The normalized spacial score (nSPS) is 16.4. The third kappa shape index (κ3) is 3.10. The van der Waals surface area contributed by atoms with E-state index in [0.717, 1.165) is 39.6 Å². The zero-order valence-corrected chi connectivity index (χ0v) is 16.3. The van der Waals surface area contributed by atoms with E-state index in [0.29, 0.717) is 5.75 Å². The van der Waals surface area contributed by atoms with Crippen molar-refractivity contribution in [1.29, 1.82) is 0 Å². The molecule has 5 nitrogen and oxygen atoms in total. The van der Waals surface area contributed by atoms with E-state index in [2.05, 4.69) is 11.4 Å². The summed E-state index contributed by atoms with van der Waals surface area (Å²) in [6.07, 6.45) is 0. The minimum Gasteiger partial charge on any atom is -0.496 e. The molecule has 1 N–H and O–H groups in total. The third-order valence-electron chi connectivity index (χ3n) is 4.77. The number of carbonyl (C=O) groups is 1. The molecular weight excluding hydrogens is 358 g/mol. The number of thioether (sulfide) groups is 1. The van der Waals surface area contributed by atoms with Gasteiger partial charge in [-0.2, -0.15) is 5.10 Å². The lowest BCUT2D eigenvalue weighted by Gasteiger charge is -2.18. The number of nitrogens with one attached hydrogen (secondary N) is 1. The first-order valence-corrected chi connectivity index (χ1v) is 9.85. The summed E-state index contributed by atoms with van der Waals surface area (Å²) in [5.74, 6) is 1.92. The van der Waals surface area contributed by atoms with Gasteiger partial charge < -0.3 is 10.1 Å². The van der Waals surface area contributed by atoms with E-state index >= 15 is 0 Å². The van der Waals surface area contributed by atoms with E-state index in [1.807, 2.05) is 61.0 Å². The van der Waals surface area contributed by atoms with Gasteiger partial charge in [0.05, 0.1) is 29.5 Å². The SMILES string of the molecule is COc1ccccc1[C@H]1SCC(=O)Nc2c1c(C)nn2-c1ccccc1C. The maximum Gasteiger partial charge on any atom is 0.235 e. The number of para-hydroxylation sites is 2. The summed E-state index contributed by atoms with van der Waals surface area (Å²) in [5, 5.41) is 7.82. The van der Waals surface area contributed by atoms with Crippen LogP contribution in [-0.4, -0.2) is 28.6 Å². The first kappa shape index (κ1) is 17.7. The molecule has 0 aliphatic carbocycles. The van der Waals surface area contributed by atoms with Crippen LogP contribution < -0.4 is 10.1 Å². The van der Waals surface area contributed by atoms with Gasteiger partial charge in [-0.3, -0.25) is 4.79 Å². The number of hydrogen-bond acceptors (Lipinski definition) is 4. The fourth-order valence-corrected chi connectivity index (χ4v) is 4.70. The van der Waals surface area contributed by atoms with Gasteiger partial charge in [-0.05, 0) is 31.5 Å². The number of amides is 1. The highest BCUT2D eigenvalue weighted by molar-refractivity contribution is 8.00. The van der Waals surface area contributed by atoms with Crippen LogP contribution >= 0.6 is 11.8 Å². The Morgan fingerprint density at radius 1 is 1.15 bits per heavy atom. The van der Waals surface area contributed by atoms with Crippen LogP contribution in [0.25, 0.3) is 5.69 Å². The lowest BCUT2D eigenvalue weighted by molar-refractivity contribution is -0.113. The molecule has 0 spiro atoms. The average Bonchev–Trinajstić information content (AvgIpc) is 2.88. The highest BCUT2D eigenvalue weighted by atomic mass is 32.2. The molecule has 6 heteroatoms. The number of methoxy groups -OCH3 is 1. The Labute approximate surface area is 162 Å². The molecule has 1 aliphatic rings. The summed E-state index contributed by atoms with van der Waals surface area (Å²) in [6, 6.07) is 16.0. The van der Waals surface area contributed by atoms with Crippen LogP contribution in [0.15, 0.2) is 48.5 Å². The molecule has 0 unspecified atom stereocenters. The predicted molar refractivity (Wildman–Crippen MR) is 109 cm³/mol. The second-order valence-electron chi connectivity index (χ2n) is 6.53. The van der Waals surface area contributed by atoms with Gasteiger partial charge in [-0.1, -0.05) is 36.4 Å². The van der Waals surface area contributed by atoms with Gasteiger partial charge in [-0.25, -0.2) is 4.68 Å². The Morgan fingerprint density at radius 3 is 2.67 bits per heavy atom. The quantitative estimate of drug-likeness (QED) is 0.738. The van der Waals surface area contributed by atoms with Gasteiger partial charge in [-0.15, -0.1) is 11.8 Å². The number of fused-ring (bicyclic) bond motifs is 1. The van der Waals surface area contributed by atoms with Crippen molar-refractivity contribution in [2.24, 2.45) is 0 Å². The molecule has 1 aromatic heterocycles. The summed E-state index contributed by atoms with van der Waals surface area (Å²) in [4.78, 5) is 12.5. The molecule has 0 saturated carbocycles. The molecule has 1 atom stereocenters. The van der Waals surface area contributed by atoms with Gasteiger partial charge in [0.2, 0.25) is 5.91 Å². The van der Waals surface area contributed by atoms with Crippen molar-refractivity contribution in [1.82, 2.24) is 9.78 Å². The van der Waals surface area contributed by atoms with Gasteiger partial charge in [0.1, 0.15) is 11.6 Å². The summed E-state index contributed by atoms with van der Waals surface area (Å²) >= 11 is 1.60. The zero-order valence-electron chi connectivity index (χ0n) is 15.5. The number of nitrogens with zero attached hydrogens (tertiary/aromatic N) is 2. The van der Waals surface area contributed by atoms with Gasteiger partial charge in [0, 0.05) is 11.1 Å². The molecule has 2 aromatic carbocycles. The highest BCUT2D eigenvalue weighted by Gasteiger charge is 2.32. The van der Waals surface area contributed by atoms with Crippen molar-refractivity contribution in [3.8, 4) is 11.4 Å². The number of anilines is 1. The molecule has 4 rings (SSSR count). The maximum atomic E-state index is 12.5. The smallest absolute Gasteiger partial charge is 0.235 e. The Balaban J connectivity index is 1.94. The van der Waals surface area contributed by atoms with Crippen molar-refractivity contribution in [3.63, 3.8) is 0 Å². The molecule has 3 aromatic rings. The van der Waals surface area contributed by atoms with Crippen LogP contribution in [0.4, 0.5) is 5.82 Å². The van der Waals surface area contributed by atoms with Crippen LogP contribution in [0.5, 0.6) is 5.75 Å². The minimum atomic E-state index is -0.0344. The van der Waals surface area contributed by atoms with Crippen molar-refractivity contribution in [3.05, 3.63) is 70.9 Å². The van der Waals surface area contributed by atoms with Crippen molar-refractivity contribution >= 4 is 23.5 Å². The second kappa shape index (κ2) is 7.12. The Bertz CT molecular complexity index is 1010. The molecular formula is C21H21N3O2S. The fourth-order valence-electron chi connectivity index (χ4n) is 3.49. The number of hydrogen-bond donors (Lipinski definition) is 1. The standard InChI is InChI=1S/C21H21N3O2S/c1-13-8-4-6-10-16(13)24-21-19(14(2)23-24)20(27-12-18(25)22-21)15-9-5-7-11-17(15)26-3/h4-11,20H,12H2,1-3H3,(H,22,25)/t20-/m1/s1. The first-order valence-electron chi connectivity index (χ1n) is 8.80. The van der Waals surface area contributed by atoms with E-state index in [4.69, 9.17) is 9.84 Å². The second-order valence-corrected chi connectivity index (χ2v) is 7.62. The van der Waals surface area contributed by atoms with Gasteiger partial charge in [0.25, 0.3) is 0 Å². The third-order valence-corrected chi connectivity index (χ3v) is 6.02. The van der Waals surface area contributed by atoms with Gasteiger partial charge in [0.15, 0.2) is 0 Å². The highest BCUT2D eigenvalue weighted by Crippen LogP contribution is 2.46. The van der Waals surface area contributed by atoms with Crippen molar-refractivity contribution in [2.45, 2.75) is 19.1 Å². The van der Waals surface area contributed by atoms with E-state index in [9.17, 15) is 4.79 Å². The van der Waals surface area contributed by atoms with Gasteiger partial charge >= 0.3 is 0 Å². The van der Waals surface area contributed by atoms with E-state index < -0.39 is 0 Å². The zero-order chi connectivity index (χ0) is 19.0. The lowest BCUT2D eigenvalue weighted by atomic mass is 10.0. The molecule has 2 heterocycles. The maximum absolute atomic E-state index is 12.5. The topological polar surface area (TPSA) is 56.1 Å². The van der Waals surface area contributed by atoms with Crippen LogP contribution in [0, 0.1) is 13.8 Å². The van der Waals surface area contributed by atoms with Crippen LogP contribution in [0.1, 0.15) is 27.6 Å². The molecule has 0 radical (unpaired) electrons. The number of aryl methyl sites for hydroxylation is 2. The predicted octanol–water partition coefficient (Wildman–Crippen LogP) is 4.27. The first-order chi connectivity index (χ1) is 13.1.